The fraction of sp³-hybridized carbons (Fsp3) is 0.444. The van der Waals surface area contributed by atoms with Gasteiger partial charge in [-0.2, -0.15) is 0 Å². The van der Waals surface area contributed by atoms with Gasteiger partial charge in [-0.25, -0.2) is 0 Å². The van der Waals surface area contributed by atoms with Crippen LogP contribution in [-0.4, -0.2) is 49.3 Å². The molecule has 1 N–H and O–H groups in total. The van der Waals surface area contributed by atoms with Crippen LogP contribution in [0.2, 0.25) is 0 Å². The number of rotatable bonds is 5. The van der Waals surface area contributed by atoms with Gasteiger partial charge in [-0.15, -0.1) is 0 Å². The summed E-state index contributed by atoms with van der Waals surface area (Å²) >= 11 is 0. The largest absolute Gasteiger partial charge is 0.380 e. The minimum Gasteiger partial charge on any atom is -0.380 e. The average molecular weight is 314 g/mol. The van der Waals surface area contributed by atoms with Crippen LogP contribution in [0.25, 0.3) is 0 Å². The van der Waals surface area contributed by atoms with E-state index in [2.05, 4.69) is 12.2 Å². The molecule has 1 aliphatic carbocycles. The molecule has 1 saturated heterocycles. The zero-order valence-electron chi connectivity index (χ0n) is 13.4. The monoisotopic (exact) mass is 314 g/mol. The van der Waals surface area contributed by atoms with Crippen molar-refractivity contribution in [3.8, 4) is 0 Å². The molecule has 0 spiro atoms. The van der Waals surface area contributed by atoms with Crippen molar-refractivity contribution < 1.29 is 14.3 Å². The van der Waals surface area contributed by atoms with Gasteiger partial charge in [-0.1, -0.05) is 37.6 Å². The smallest absolute Gasteiger partial charge is 0.212 e. The molecule has 122 valence electrons. The van der Waals surface area contributed by atoms with Gasteiger partial charge in [-0.05, 0) is 6.42 Å². The van der Waals surface area contributed by atoms with Crippen LogP contribution in [0.3, 0.4) is 0 Å². The van der Waals surface area contributed by atoms with E-state index in [1.54, 1.807) is 24.3 Å². The molecule has 0 bridgehead atoms. The van der Waals surface area contributed by atoms with Gasteiger partial charge in [0.25, 0.3) is 0 Å². The zero-order valence-corrected chi connectivity index (χ0v) is 13.4. The highest BCUT2D eigenvalue weighted by atomic mass is 16.5. The predicted molar refractivity (Wildman–Crippen MR) is 87.4 cm³/mol. The maximum Gasteiger partial charge on any atom is 0.212 e. The Kier molecular flexibility index (Phi) is 4.76. The lowest BCUT2D eigenvalue weighted by Gasteiger charge is -2.34. The SMILES string of the molecule is CCCCNC1=C(N2CCOCC2)C(=O)c2ccccc2C1=O. The topological polar surface area (TPSA) is 58.6 Å². The number of unbranched alkanes of at least 4 members (excludes halogenated alkanes) is 1. The first kappa shape index (κ1) is 15.7. The summed E-state index contributed by atoms with van der Waals surface area (Å²) in [5.41, 5.74) is 1.95. The predicted octanol–water partition coefficient (Wildman–Crippen LogP) is 2.00. The molecule has 0 aromatic heterocycles. The Balaban J connectivity index is 2.01. The molecule has 1 fully saturated rings. The second-order valence-electron chi connectivity index (χ2n) is 5.81. The molecule has 1 aliphatic heterocycles. The molecule has 0 radical (unpaired) electrons. The van der Waals surface area contributed by atoms with Crippen LogP contribution in [0.5, 0.6) is 0 Å². The minimum atomic E-state index is -0.0854. The first-order valence-corrected chi connectivity index (χ1v) is 8.23. The molecule has 3 rings (SSSR count). The van der Waals surface area contributed by atoms with Crippen LogP contribution in [0, 0.1) is 0 Å². The third-order valence-corrected chi connectivity index (χ3v) is 4.25. The van der Waals surface area contributed by atoms with Crippen molar-refractivity contribution in [2.24, 2.45) is 0 Å². The van der Waals surface area contributed by atoms with Gasteiger partial charge in [0.1, 0.15) is 11.4 Å². The second kappa shape index (κ2) is 6.96. The Morgan fingerprint density at radius 3 is 2.39 bits per heavy atom. The van der Waals surface area contributed by atoms with Crippen LogP contribution in [0.1, 0.15) is 40.5 Å². The third kappa shape index (κ3) is 3.01. The molecule has 5 nitrogen and oxygen atoms in total. The first-order valence-electron chi connectivity index (χ1n) is 8.23. The average Bonchev–Trinajstić information content (AvgIpc) is 2.60. The second-order valence-corrected chi connectivity index (χ2v) is 5.81. The van der Waals surface area contributed by atoms with Gasteiger partial charge in [0.15, 0.2) is 0 Å². The van der Waals surface area contributed by atoms with Gasteiger partial charge < -0.3 is 15.0 Å². The van der Waals surface area contributed by atoms with Crippen molar-refractivity contribution in [1.29, 1.82) is 0 Å². The molecule has 1 aromatic carbocycles. The van der Waals surface area contributed by atoms with Crippen molar-refractivity contribution in [3.63, 3.8) is 0 Å². The Hall–Kier alpha value is -2.14. The molecular weight excluding hydrogens is 292 g/mol. The van der Waals surface area contributed by atoms with Gasteiger partial charge in [0.2, 0.25) is 11.6 Å². The highest BCUT2D eigenvalue weighted by Gasteiger charge is 2.35. The highest BCUT2D eigenvalue weighted by Crippen LogP contribution is 2.27. The number of hydrogen-bond donors (Lipinski definition) is 1. The lowest BCUT2D eigenvalue weighted by atomic mass is 9.89. The van der Waals surface area contributed by atoms with Crippen molar-refractivity contribution in [1.82, 2.24) is 10.2 Å². The molecule has 23 heavy (non-hydrogen) atoms. The Bertz CT molecular complexity index is 645. The number of allylic oxidation sites excluding steroid dienone is 2. The van der Waals surface area contributed by atoms with E-state index in [4.69, 9.17) is 4.74 Å². The summed E-state index contributed by atoms with van der Waals surface area (Å²) in [6.45, 7) is 5.22. The number of carbonyl (C=O) groups excluding carboxylic acids is 2. The Morgan fingerprint density at radius 2 is 1.74 bits per heavy atom. The van der Waals surface area contributed by atoms with E-state index in [1.165, 1.54) is 0 Å². The first-order chi connectivity index (χ1) is 11.2. The maximum absolute atomic E-state index is 13.0. The summed E-state index contributed by atoms with van der Waals surface area (Å²) in [5.74, 6) is -0.154. The fourth-order valence-corrected chi connectivity index (χ4v) is 3.01. The lowest BCUT2D eigenvalue weighted by molar-refractivity contribution is 0.0492. The van der Waals surface area contributed by atoms with E-state index in [9.17, 15) is 9.59 Å². The summed E-state index contributed by atoms with van der Waals surface area (Å²) in [6, 6.07) is 7.07. The maximum atomic E-state index is 13.0. The molecule has 0 amide bonds. The van der Waals surface area contributed by atoms with Crippen LogP contribution in [0.4, 0.5) is 0 Å². The lowest BCUT2D eigenvalue weighted by Crippen LogP contribution is -2.43. The quantitative estimate of drug-likeness (QED) is 0.843. The van der Waals surface area contributed by atoms with E-state index in [1.807, 2.05) is 4.90 Å². The zero-order chi connectivity index (χ0) is 16.2. The Labute approximate surface area is 136 Å². The van der Waals surface area contributed by atoms with Crippen LogP contribution in [0.15, 0.2) is 35.7 Å². The molecule has 1 heterocycles. The number of Topliss-reactive ketones (excluding diaryl/α,β-unsaturated/α-hetero) is 2. The summed E-state index contributed by atoms with van der Waals surface area (Å²) in [5, 5.41) is 3.22. The van der Waals surface area contributed by atoms with Crippen LogP contribution >= 0.6 is 0 Å². The number of nitrogens with zero attached hydrogens (tertiary/aromatic N) is 1. The van der Waals surface area contributed by atoms with Crippen molar-refractivity contribution in [3.05, 3.63) is 46.8 Å². The fourth-order valence-electron chi connectivity index (χ4n) is 3.01. The molecule has 0 unspecified atom stereocenters. The molecule has 0 atom stereocenters. The van der Waals surface area contributed by atoms with E-state index in [0.717, 1.165) is 12.8 Å². The van der Waals surface area contributed by atoms with Gasteiger partial charge in [0.05, 0.1) is 13.2 Å². The standard InChI is InChI=1S/C18H22N2O3/c1-2-3-8-19-15-16(20-9-11-23-12-10-20)18(22)14-7-5-4-6-13(14)17(15)21/h4-7,19H,2-3,8-12H2,1H3. The van der Waals surface area contributed by atoms with Crippen molar-refractivity contribution >= 4 is 11.6 Å². The highest BCUT2D eigenvalue weighted by molar-refractivity contribution is 6.26. The van der Waals surface area contributed by atoms with Crippen molar-refractivity contribution in [2.75, 3.05) is 32.8 Å². The number of morpholine rings is 1. The number of carbonyl (C=O) groups is 2. The molecule has 2 aliphatic rings. The van der Waals surface area contributed by atoms with E-state index >= 15 is 0 Å². The minimum absolute atomic E-state index is 0.0684. The van der Waals surface area contributed by atoms with Gasteiger partial charge in [0, 0.05) is 30.8 Å². The number of nitrogens with one attached hydrogen (secondary N) is 1. The number of fused-ring (bicyclic) bond motifs is 1. The molecule has 0 saturated carbocycles. The third-order valence-electron chi connectivity index (χ3n) is 4.25. The van der Waals surface area contributed by atoms with Crippen LogP contribution < -0.4 is 5.32 Å². The van der Waals surface area contributed by atoms with Gasteiger partial charge in [-0.3, -0.25) is 9.59 Å². The van der Waals surface area contributed by atoms with E-state index in [0.29, 0.717) is 55.4 Å². The molecular formula is C18H22N2O3. The molecule has 1 aromatic rings. The number of hydrogen-bond acceptors (Lipinski definition) is 5. The number of ketones is 2. The summed E-state index contributed by atoms with van der Waals surface area (Å²) in [4.78, 5) is 27.8. The normalized spacial score (nSPS) is 18.2. The molecule has 5 heteroatoms. The number of benzene rings is 1. The summed E-state index contributed by atoms with van der Waals surface area (Å²) in [7, 11) is 0. The van der Waals surface area contributed by atoms with Gasteiger partial charge >= 0.3 is 0 Å². The van der Waals surface area contributed by atoms with Crippen LogP contribution in [-0.2, 0) is 4.74 Å². The summed E-state index contributed by atoms with van der Waals surface area (Å²) in [6.07, 6.45) is 1.99. The summed E-state index contributed by atoms with van der Waals surface area (Å²) < 4.78 is 5.37. The van der Waals surface area contributed by atoms with E-state index < -0.39 is 0 Å². The Morgan fingerprint density at radius 1 is 1.09 bits per heavy atom. The van der Waals surface area contributed by atoms with E-state index in [-0.39, 0.29) is 11.6 Å². The van der Waals surface area contributed by atoms with Crippen molar-refractivity contribution in [2.45, 2.75) is 19.8 Å². The number of ether oxygens (including phenoxy) is 1.